The van der Waals surface area contributed by atoms with Crippen molar-refractivity contribution >= 4 is 11.8 Å². The van der Waals surface area contributed by atoms with Crippen LogP contribution in [0.5, 0.6) is 0 Å². The van der Waals surface area contributed by atoms with Gasteiger partial charge in [0.15, 0.2) is 0 Å². The summed E-state index contributed by atoms with van der Waals surface area (Å²) in [7, 11) is 0. The molecule has 0 amide bonds. The molecule has 1 aliphatic rings. The van der Waals surface area contributed by atoms with Gasteiger partial charge in [0, 0.05) is 10.9 Å². The highest BCUT2D eigenvalue weighted by atomic mass is 32.2. The molecule has 2 N–H and O–H groups in total. The van der Waals surface area contributed by atoms with Crippen molar-refractivity contribution in [2.75, 3.05) is 0 Å². The van der Waals surface area contributed by atoms with Gasteiger partial charge in [0.05, 0.1) is 6.04 Å². The second kappa shape index (κ2) is 5.54. The van der Waals surface area contributed by atoms with Crippen molar-refractivity contribution < 1.29 is 0 Å². The zero-order valence-electron chi connectivity index (χ0n) is 11.8. The first-order chi connectivity index (χ1) is 9.63. The highest BCUT2D eigenvalue weighted by Crippen LogP contribution is 2.38. The molecule has 0 aliphatic heterocycles. The smallest absolute Gasteiger partial charge is 0.214 e. The highest BCUT2D eigenvalue weighted by molar-refractivity contribution is 7.99. The Morgan fingerprint density at radius 3 is 2.90 bits per heavy atom. The summed E-state index contributed by atoms with van der Waals surface area (Å²) in [5.41, 5.74) is 8.45. The van der Waals surface area contributed by atoms with Crippen LogP contribution in [-0.4, -0.2) is 26.2 Å². The van der Waals surface area contributed by atoms with Gasteiger partial charge in [-0.25, -0.2) is 4.68 Å². The lowest BCUT2D eigenvalue weighted by Gasteiger charge is -2.10. The van der Waals surface area contributed by atoms with Crippen LogP contribution in [0.1, 0.15) is 36.9 Å². The highest BCUT2D eigenvalue weighted by Gasteiger charge is 2.28. The van der Waals surface area contributed by atoms with E-state index >= 15 is 0 Å². The first-order valence-corrected chi connectivity index (χ1v) is 7.76. The van der Waals surface area contributed by atoms with Gasteiger partial charge in [0.25, 0.3) is 0 Å². The SMILES string of the molecule is Cc1cc(Sc2nnnn2C2CC2)ccc1CC(C)N. The Balaban J connectivity index is 1.77. The Morgan fingerprint density at radius 1 is 1.45 bits per heavy atom. The van der Waals surface area contributed by atoms with Crippen LogP contribution in [-0.2, 0) is 6.42 Å². The van der Waals surface area contributed by atoms with E-state index in [1.807, 2.05) is 11.6 Å². The maximum Gasteiger partial charge on any atom is 0.214 e. The number of aromatic nitrogens is 4. The fourth-order valence-corrected chi connectivity index (χ4v) is 3.15. The molecule has 1 saturated carbocycles. The number of aryl methyl sites for hydroxylation is 1. The molecule has 1 fully saturated rings. The van der Waals surface area contributed by atoms with E-state index in [2.05, 4.69) is 40.6 Å². The van der Waals surface area contributed by atoms with Gasteiger partial charge in [0.1, 0.15) is 0 Å². The van der Waals surface area contributed by atoms with Crippen molar-refractivity contribution in [2.24, 2.45) is 5.73 Å². The van der Waals surface area contributed by atoms with E-state index in [0.29, 0.717) is 6.04 Å². The quantitative estimate of drug-likeness (QED) is 0.915. The maximum absolute atomic E-state index is 5.87. The second-order valence-corrected chi connectivity index (χ2v) is 6.55. The molecule has 1 aromatic heterocycles. The molecule has 1 unspecified atom stereocenters. The largest absolute Gasteiger partial charge is 0.328 e. The molecule has 106 valence electrons. The van der Waals surface area contributed by atoms with E-state index in [9.17, 15) is 0 Å². The van der Waals surface area contributed by atoms with Gasteiger partial charge in [-0.05, 0) is 78.6 Å². The van der Waals surface area contributed by atoms with Crippen molar-refractivity contribution in [1.29, 1.82) is 0 Å². The lowest BCUT2D eigenvalue weighted by atomic mass is 10.0. The van der Waals surface area contributed by atoms with Crippen LogP contribution in [0.15, 0.2) is 28.3 Å². The predicted molar refractivity (Wildman–Crippen MR) is 78.7 cm³/mol. The van der Waals surface area contributed by atoms with Gasteiger partial charge in [0.2, 0.25) is 5.16 Å². The molecule has 1 aromatic carbocycles. The van der Waals surface area contributed by atoms with Gasteiger partial charge in [-0.1, -0.05) is 6.07 Å². The first kappa shape index (κ1) is 13.6. The minimum absolute atomic E-state index is 0.189. The zero-order valence-corrected chi connectivity index (χ0v) is 12.6. The zero-order chi connectivity index (χ0) is 14.1. The number of benzene rings is 1. The average Bonchev–Trinajstić information content (AvgIpc) is 3.13. The van der Waals surface area contributed by atoms with Gasteiger partial charge >= 0.3 is 0 Å². The summed E-state index contributed by atoms with van der Waals surface area (Å²) in [4.78, 5) is 1.17. The predicted octanol–water partition coefficient (Wildman–Crippen LogP) is 2.36. The second-order valence-electron chi connectivity index (χ2n) is 5.51. The van der Waals surface area contributed by atoms with Crippen molar-refractivity contribution in [3.05, 3.63) is 29.3 Å². The summed E-state index contributed by atoms with van der Waals surface area (Å²) in [6, 6.07) is 7.17. The minimum atomic E-state index is 0.189. The molecule has 0 radical (unpaired) electrons. The first-order valence-electron chi connectivity index (χ1n) is 6.94. The summed E-state index contributed by atoms with van der Waals surface area (Å²) in [6.07, 6.45) is 3.28. The van der Waals surface area contributed by atoms with Crippen LogP contribution in [0, 0.1) is 6.92 Å². The van der Waals surface area contributed by atoms with Crippen LogP contribution in [0.2, 0.25) is 0 Å². The Hall–Kier alpha value is -1.40. The molecular weight excluding hydrogens is 270 g/mol. The van der Waals surface area contributed by atoms with Crippen LogP contribution in [0.25, 0.3) is 0 Å². The Bertz CT molecular complexity index is 603. The fraction of sp³-hybridized carbons (Fsp3) is 0.500. The number of nitrogens with zero attached hydrogens (tertiary/aromatic N) is 4. The van der Waals surface area contributed by atoms with Gasteiger partial charge in [-0.15, -0.1) is 5.10 Å². The molecule has 6 heteroatoms. The van der Waals surface area contributed by atoms with Crippen molar-refractivity contribution in [3.63, 3.8) is 0 Å². The summed E-state index contributed by atoms with van der Waals surface area (Å²) < 4.78 is 1.94. The van der Waals surface area contributed by atoms with E-state index in [4.69, 9.17) is 5.73 Å². The van der Waals surface area contributed by atoms with Crippen LogP contribution in [0.3, 0.4) is 0 Å². The molecule has 1 aliphatic carbocycles. The molecule has 1 heterocycles. The molecule has 0 bridgehead atoms. The standard InChI is InChI=1S/C14H19N5S/c1-9-7-13(6-3-11(9)8-10(2)15)20-14-16-17-18-19(14)12-4-5-12/h3,6-7,10,12H,4-5,8,15H2,1-2H3. The molecule has 5 nitrogen and oxygen atoms in total. The van der Waals surface area contributed by atoms with Gasteiger partial charge < -0.3 is 5.73 Å². The number of rotatable bonds is 5. The van der Waals surface area contributed by atoms with Crippen molar-refractivity contribution in [3.8, 4) is 0 Å². The van der Waals surface area contributed by atoms with Crippen molar-refractivity contribution in [2.45, 2.75) is 55.2 Å². The van der Waals surface area contributed by atoms with Crippen LogP contribution >= 0.6 is 11.8 Å². The van der Waals surface area contributed by atoms with Crippen LogP contribution < -0.4 is 5.73 Å². The minimum Gasteiger partial charge on any atom is -0.328 e. The van der Waals surface area contributed by atoms with E-state index < -0.39 is 0 Å². The lowest BCUT2D eigenvalue weighted by Crippen LogP contribution is -2.18. The van der Waals surface area contributed by atoms with E-state index in [-0.39, 0.29) is 6.04 Å². The lowest BCUT2D eigenvalue weighted by molar-refractivity contribution is 0.565. The fourth-order valence-electron chi connectivity index (χ4n) is 2.21. The normalized spacial score (nSPS) is 16.4. The van der Waals surface area contributed by atoms with E-state index in [0.717, 1.165) is 11.6 Å². The summed E-state index contributed by atoms with van der Waals surface area (Å²) in [5.74, 6) is 0. The Kier molecular flexibility index (Phi) is 3.76. The maximum atomic E-state index is 5.87. The number of nitrogens with two attached hydrogens (primary N) is 1. The molecule has 3 rings (SSSR count). The Labute approximate surface area is 122 Å². The monoisotopic (exact) mass is 289 g/mol. The third-order valence-corrected chi connectivity index (χ3v) is 4.36. The number of tetrazole rings is 1. The van der Waals surface area contributed by atoms with Gasteiger partial charge in [-0.2, -0.15) is 0 Å². The molecular formula is C14H19N5S. The molecule has 0 saturated heterocycles. The summed E-state index contributed by atoms with van der Waals surface area (Å²) >= 11 is 1.63. The van der Waals surface area contributed by atoms with E-state index in [1.54, 1.807) is 11.8 Å². The topological polar surface area (TPSA) is 69.6 Å². The molecule has 2 aromatic rings. The average molecular weight is 289 g/mol. The molecule has 0 spiro atoms. The number of hydrogen-bond donors (Lipinski definition) is 1. The molecule has 20 heavy (non-hydrogen) atoms. The van der Waals surface area contributed by atoms with E-state index in [1.165, 1.54) is 28.9 Å². The third-order valence-electron chi connectivity index (χ3n) is 3.42. The Morgan fingerprint density at radius 2 is 2.25 bits per heavy atom. The van der Waals surface area contributed by atoms with Gasteiger partial charge in [-0.3, -0.25) is 0 Å². The molecule has 1 atom stereocenters. The number of hydrogen-bond acceptors (Lipinski definition) is 5. The third kappa shape index (κ3) is 3.02. The van der Waals surface area contributed by atoms with Crippen LogP contribution in [0.4, 0.5) is 0 Å². The van der Waals surface area contributed by atoms with Crippen molar-refractivity contribution in [1.82, 2.24) is 20.2 Å². The summed E-state index contributed by atoms with van der Waals surface area (Å²) in [5, 5.41) is 12.9. The summed E-state index contributed by atoms with van der Waals surface area (Å²) in [6.45, 7) is 4.16.